The quantitative estimate of drug-likeness (QED) is 0.658. The van der Waals surface area contributed by atoms with E-state index in [0.29, 0.717) is 30.3 Å². The van der Waals surface area contributed by atoms with Crippen molar-refractivity contribution in [3.05, 3.63) is 23.8 Å². The summed E-state index contributed by atoms with van der Waals surface area (Å²) < 4.78 is 20.3. The lowest BCUT2D eigenvalue weighted by Crippen LogP contribution is -2.30. The number of benzene rings is 1. The highest BCUT2D eigenvalue weighted by Gasteiger charge is 2.26. The number of rotatable bonds is 2. The second-order valence-electron chi connectivity index (χ2n) is 5.77. The van der Waals surface area contributed by atoms with Gasteiger partial charge in [-0.2, -0.15) is 0 Å². The third-order valence-electron chi connectivity index (χ3n) is 2.75. The molecule has 0 saturated heterocycles. The molecule has 0 spiro atoms. The van der Waals surface area contributed by atoms with E-state index >= 15 is 0 Å². The first-order valence-corrected chi connectivity index (χ1v) is 6.86. The van der Waals surface area contributed by atoms with Gasteiger partial charge in [-0.3, -0.25) is 0 Å². The predicted octanol–water partition coefficient (Wildman–Crippen LogP) is 1.94. The number of nitrogens with two attached hydrogens (primary N) is 1. The van der Waals surface area contributed by atoms with E-state index in [1.807, 2.05) is 0 Å². The Hall–Kier alpha value is -2.28. The Kier molecular flexibility index (Phi) is 4.56. The van der Waals surface area contributed by atoms with Gasteiger partial charge in [0.15, 0.2) is 11.5 Å². The fraction of sp³-hybridized carbons (Fsp3) is 0.467. The zero-order valence-electron chi connectivity index (χ0n) is 12.8. The molecule has 1 aliphatic heterocycles. The van der Waals surface area contributed by atoms with Gasteiger partial charge < -0.3 is 24.7 Å². The highest BCUT2D eigenvalue weighted by molar-refractivity contribution is 5.86. The van der Waals surface area contributed by atoms with Gasteiger partial charge in [0.1, 0.15) is 24.9 Å². The number of ether oxygens (including phenoxy) is 4. The molecule has 0 fully saturated rings. The van der Waals surface area contributed by atoms with Crippen LogP contribution in [0.2, 0.25) is 0 Å². The van der Waals surface area contributed by atoms with Gasteiger partial charge in [-0.1, -0.05) is 6.07 Å². The minimum atomic E-state index is -1.12. The molecule has 1 aliphatic rings. The monoisotopic (exact) mass is 309 g/mol. The van der Waals surface area contributed by atoms with Gasteiger partial charge in [0, 0.05) is 0 Å². The van der Waals surface area contributed by atoms with Crippen LogP contribution in [0.15, 0.2) is 18.2 Å². The number of carbonyl (C=O) groups excluding carboxylic acids is 2. The van der Waals surface area contributed by atoms with Crippen molar-refractivity contribution in [3.8, 4) is 11.5 Å². The zero-order chi connectivity index (χ0) is 16.3. The van der Waals surface area contributed by atoms with Crippen molar-refractivity contribution in [1.29, 1.82) is 0 Å². The lowest BCUT2D eigenvalue weighted by molar-refractivity contribution is -0.143. The second kappa shape index (κ2) is 6.23. The van der Waals surface area contributed by atoms with Crippen molar-refractivity contribution in [2.45, 2.75) is 32.4 Å². The van der Waals surface area contributed by atoms with Crippen molar-refractivity contribution in [2.75, 3.05) is 13.2 Å². The molecule has 0 amide bonds. The maximum absolute atomic E-state index is 11.9. The molecule has 2 N–H and O–H groups in total. The maximum atomic E-state index is 11.9. The van der Waals surface area contributed by atoms with Crippen LogP contribution in [0.5, 0.6) is 11.5 Å². The molecule has 7 heteroatoms. The van der Waals surface area contributed by atoms with Crippen LogP contribution in [0.4, 0.5) is 4.79 Å². The highest BCUT2D eigenvalue weighted by Crippen LogP contribution is 2.32. The van der Waals surface area contributed by atoms with Crippen molar-refractivity contribution in [2.24, 2.45) is 5.73 Å². The van der Waals surface area contributed by atoms with Crippen LogP contribution in [0.1, 0.15) is 32.4 Å². The van der Waals surface area contributed by atoms with Gasteiger partial charge in [-0.05, 0) is 38.5 Å². The van der Waals surface area contributed by atoms with E-state index < -0.39 is 23.8 Å². The van der Waals surface area contributed by atoms with Crippen LogP contribution in [-0.2, 0) is 14.3 Å². The molecule has 1 aromatic carbocycles. The summed E-state index contributed by atoms with van der Waals surface area (Å²) in [6.07, 6.45) is -1.08. The first-order chi connectivity index (χ1) is 10.3. The van der Waals surface area contributed by atoms with E-state index in [2.05, 4.69) is 4.74 Å². The third-order valence-corrected chi connectivity index (χ3v) is 2.75. The van der Waals surface area contributed by atoms with Crippen LogP contribution in [0, 0.1) is 0 Å². The molecular weight excluding hydrogens is 290 g/mol. The van der Waals surface area contributed by atoms with Crippen LogP contribution in [0.25, 0.3) is 0 Å². The SMILES string of the molecule is CC(C)(C)OC(=O)OC(=O)C(N)c1ccc2c(c1)OCCO2. The van der Waals surface area contributed by atoms with E-state index in [-0.39, 0.29) is 0 Å². The number of hydrogen-bond donors (Lipinski definition) is 1. The lowest BCUT2D eigenvalue weighted by Gasteiger charge is -2.21. The Labute approximate surface area is 128 Å². The summed E-state index contributed by atoms with van der Waals surface area (Å²) in [6, 6.07) is 3.75. The van der Waals surface area contributed by atoms with Gasteiger partial charge in [0.2, 0.25) is 0 Å². The summed E-state index contributed by atoms with van der Waals surface area (Å²) in [5, 5.41) is 0. The predicted molar refractivity (Wildman–Crippen MR) is 76.7 cm³/mol. The topological polar surface area (TPSA) is 97.1 Å². The zero-order valence-corrected chi connectivity index (χ0v) is 12.8. The molecule has 120 valence electrons. The largest absolute Gasteiger partial charge is 0.516 e. The van der Waals surface area contributed by atoms with Gasteiger partial charge in [-0.15, -0.1) is 0 Å². The van der Waals surface area contributed by atoms with E-state index in [4.69, 9.17) is 19.9 Å². The number of fused-ring (bicyclic) bond motifs is 1. The van der Waals surface area contributed by atoms with Gasteiger partial charge in [0.25, 0.3) is 0 Å². The average molecular weight is 309 g/mol. The molecule has 1 unspecified atom stereocenters. The minimum absolute atomic E-state index is 0.425. The van der Waals surface area contributed by atoms with Gasteiger partial charge in [-0.25, -0.2) is 9.59 Å². The molecule has 7 nitrogen and oxygen atoms in total. The normalized spacial score (nSPS) is 14.9. The Balaban J connectivity index is 2.03. The molecule has 1 heterocycles. The summed E-state index contributed by atoms with van der Waals surface area (Å²) >= 11 is 0. The Bertz CT molecular complexity index is 578. The third kappa shape index (κ3) is 4.11. The fourth-order valence-electron chi connectivity index (χ4n) is 1.81. The minimum Gasteiger partial charge on any atom is -0.486 e. The lowest BCUT2D eigenvalue weighted by atomic mass is 10.1. The molecule has 0 bridgehead atoms. The summed E-state index contributed by atoms with van der Waals surface area (Å²) in [4.78, 5) is 23.4. The second-order valence-corrected chi connectivity index (χ2v) is 5.77. The summed E-state index contributed by atoms with van der Waals surface area (Å²) in [6.45, 7) is 5.89. The van der Waals surface area contributed by atoms with E-state index in [1.165, 1.54) is 0 Å². The summed E-state index contributed by atoms with van der Waals surface area (Å²) in [7, 11) is 0. The van der Waals surface area contributed by atoms with Crippen LogP contribution in [0.3, 0.4) is 0 Å². The van der Waals surface area contributed by atoms with Crippen LogP contribution in [-0.4, -0.2) is 30.9 Å². The standard InChI is InChI=1S/C15H19NO6/c1-15(2,3)22-14(18)21-13(17)12(16)9-4-5-10-11(8-9)20-7-6-19-10/h4-5,8,12H,6-7,16H2,1-3H3. The number of carbonyl (C=O) groups is 2. The molecule has 1 atom stereocenters. The van der Waals surface area contributed by atoms with E-state index in [0.717, 1.165) is 0 Å². The average Bonchev–Trinajstić information content (AvgIpc) is 2.43. The van der Waals surface area contributed by atoms with E-state index in [1.54, 1.807) is 39.0 Å². The first kappa shape index (κ1) is 16.1. The Morgan fingerprint density at radius 2 is 1.82 bits per heavy atom. The maximum Gasteiger partial charge on any atom is 0.516 e. The van der Waals surface area contributed by atoms with Crippen molar-refractivity contribution < 1.29 is 28.5 Å². The molecule has 0 radical (unpaired) electrons. The molecule has 0 aliphatic carbocycles. The summed E-state index contributed by atoms with van der Waals surface area (Å²) in [5.41, 5.74) is 5.51. The van der Waals surface area contributed by atoms with Gasteiger partial charge >= 0.3 is 12.1 Å². The van der Waals surface area contributed by atoms with Crippen molar-refractivity contribution in [3.63, 3.8) is 0 Å². The fourth-order valence-corrected chi connectivity index (χ4v) is 1.81. The molecule has 0 aromatic heterocycles. The molecule has 0 saturated carbocycles. The smallest absolute Gasteiger partial charge is 0.486 e. The van der Waals surface area contributed by atoms with Crippen LogP contribution < -0.4 is 15.2 Å². The molecule has 2 rings (SSSR count). The first-order valence-electron chi connectivity index (χ1n) is 6.86. The molecule has 1 aromatic rings. The molecular formula is C15H19NO6. The van der Waals surface area contributed by atoms with Crippen molar-refractivity contribution in [1.82, 2.24) is 0 Å². The van der Waals surface area contributed by atoms with Crippen LogP contribution >= 0.6 is 0 Å². The Morgan fingerprint density at radius 3 is 2.45 bits per heavy atom. The van der Waals surface area contributed by atoms with Gasteiger partial charge in [0.05, 0.1) is 0 Å². The molecule has 22 heavy (non-hydrogen) atoms. The number of esters is 1. The van der Waals surface area contributed by atoms with E-state index in [9.17, 15) is 9.59 Å². The Morgan fingerprint density at radius 1 is 1.18 bits per heavy atom. The number of hydrogen-bond acceptors (Lipinski definition) is 7. The highest BCUT2D eigenvalue weighted by atomic mass is 16.7. The van der Waals surface area contributed by atoms with Crippen molar-refractivity contribution >= 4 is 12.1 Å². The summed E-state index contributed by atoms with van der Waals surface area (Å²) in [5.74, 6) is 0.193.